The lowest BCUT2D eigenvalue weighted by molar-refractivity contribution is -0.139. The second-order valence-electron chi connectivity index (χ2n) is 9.38. The number of hydrogen-bond donors (Lipinski definition) is 1. The number of methoxy groups -OCH3 is 4. The van der Waals surface area contributed by atoms with Crippen LogP contribution in [0.15, 0.2) is 91.0 Å². The molecule has 218 valence electrons. The van der Waals surface area contributed by atoms with Crippen molar-refractivity contribution in [3.63, 3.8) is 0 Å². The summed E-state index contributed by atoms with van der Waals surface area (Å²) >= 11 is 0. The molecule has 0 bridgehead atoms. The molecule has 0 spiro atoms. The van der Waals surface area contributed by atoms with Crippen molar-refractivity contribution in [3.05, 3.63) is 114 Å². The summed E-state index contributed by atoms with van der Waals surface area (Å²) in [6.07, 6.45) is 0.0466. The van der Waals surface area contributed by atoms with Crippen LogP contribution in [0.2, 0.25) is 0 Å². The summed E-state index contributed by atoms with van der Waals surface area (Å²) in [6.45, 7) is 0.0398. The minimum Gasteiger partial charge on any atom is -0.497 e. The van der Waals surface area contributed by atoms with E-state index >= 15 is 0 Å². The van der Waals surface area contributed by atoms with E-state index in [1.54, 1.807) is 48.5 Å². The molecule has 0 aliphatic heterocycles. The number of nitrogens with one attached hydrogen (secondary N) is 1. The van der Waals surface area contributed by atoms with Gasteiger partial charge in [-0.3, -0.25) is 9.59 Å². The van der Waals surface area contributed by atoms with Crippen molar-refractivity contribution in [2.24, 2.45) is 0 Å². The molecule has 4 aromatic rings. The summed E-state index contributed by atoms with van der Waals surface area (Å²) in [7, 11) is 6.03. The van der Waals surface area contributed by atoms with Gasteiger partial charge in [-0.25, -0.2) is 4.39 Å². The molecule has 1 unspecified atom stereocenters. The Kier molecular flexibility index (Phi) is 9.99. The Labute approximate surface area is 244 Å². The van der Waals surface area contributed by atoms with E-state index in [-0.39, 0.29) is 18.9 Å². The van der Waals surface area contributed by atoms with Gasteiger partial charge in [0.05, 0.1) is 40.5 Å². The minimum absolute atomic E-state index is 0.0398. The minimum atomic E-state index is -1.11. The average Bonchev–Trinajstić information content (AvgIpc) is 3.02. The molecule has 0 fully saturated rings. The van der Waals surface area contributed by atoms with E-state index in [0.29, 0.717) is 39.8 Å². The molecule has 0 saturated heterocycles. The van der Waals surface area contributed by atoms with Crippen LogP contribution < -0.4 is 24.3 Å². The summed E-state index contributed by atoms with van der Waals surface area (Å²) in [4.78, 5) is 29.7. The number of rotatable bonds is 12. The van der Waals surface area contributed by atoms with Crippen molar-refractivity contribution in [1.29, 1.82) is 0 Å². The monoisotopic (exact) mass is 572 g/mol. The summed E-state index contributed by atoms with van der Waals surface area (Å²) < 4.78 is 35.4. The lowest BCUT2D eigenvalue weighted by Crippen LogP contribution is -2.41. The van der Waals surface area contributed by atoms with Gasteiger partial charge in [-0.2, -0.15) is 0 Å². The number of amides is 2. The lowest BCUT2D eigenvalue weighted by Gasteiger charge is -2.32. The molecular formula is C33H33FN2O6. The predicted molar refractivity (Wildman–Crippen MR) is 158 cm³/mol. The average molecular weight is 573 g/mol. The Bertz CT molecular complexity index is 1510. The second kappa shape index (κ2) is 14.0. The van der Waals surface area contributed by atoms with Gasteiger partial charge in [-0.15, -0.1) is 0 Å². The maximum absolute atomic E-state index is 14.2. The van der Waals surface area contributed by atoms with Crippen LogP contribution in [0, 0.1) is 5.82 Å². The highest BCUT2D eigenvalue weighted by Gasteiger charge is 2.33. The zero-order chi connectivity index (χ0) is 30.1. The Morgan fingerprint density at radius 3 is 2.07 bits per heavy atom. The topological polar surface area (TPSA) is 86.3 Å². The third kappa shape index (κ3) is 7.17. The number of benzene rings is 4. The van der Waals surface area contributed by atoms with E-state index in [1.807, 2.05) is 30.3 Å². The van der Waals surface area contributed by atoms with E-state index < -0.39 is 17.8 Å². The standard InChI is InChI=1S/C33H33FN2O6/c1-39-26-15-16-27(29(20-26)41-3)35-33(38)32(24-12-17-28(40-2)30(19-24)42-4)36(21-23-10-13-25(34)14-11-23)31(37)18-22-8-6-5-7-9-22/h5-17,19-20,32H,18,21H2,1-4H3,(H,35,38). The zero-order valence-electron chi connectivity index (χ0n) is 23.9. The van der Waals surface area contributed by atoms with E-state index in [2.05, 4.69) is 5.32 Å². The maximum Gasteiger partial charge on any atom is 0.251 e. The fourth-order valence-electron chi connectivity index (χ4n) is 4.58. The van der Waals surface area contributed by atoms with Gasteiger partial charge >= 0.3 is 0 Å². The van der Waals surface area contributed by atoms with Crippen molar-refractivity contribution in [2.75, 3.05) is 33.8 Å². The largest absolute Gasteiger partial charge is 0.497 e. The molecule has 0 radical (unpaired) electrons. The summed E-state index contributed by atoms with van der Waals surface area (Å²) in [6, 6.07) is 24.0. The smallest absolute Gasteiger partial charge is 0.251 e. The molecule has 4 rings (SSSR count). The highest BCUT2D eigenvalue weighted by molar-refractivity contribution is 5.99. The molecule has 42 heavy (non-hydrogen) atoms. The lowest BCUT2D eigenvalue weighted by atomic mass is 10.0. The quantitative estimate of drug-likeness (QED) is 0.231. The van der Waals surface area contributed by atoms with Gasteiger partial charge in [-0.05, 0) is 53.1 Å². The summed E-state index contributed by atoms with van der Waals surface area (Å²) in [5.41, 5.74) is 2.32. The molecule has 0 aliphatic carbocycles. The van der Waals surface area contributed by atoms with Crippen LogP contribution in [0.3, 0.4) is 0 Å². The van der Waals surface area contributed by atoms with Crippen LogP contribution in [-0.2, 0) is 22.6 Å². The van der Waals surface area contributed by atoms with Gasteiger partial charge in [-0.1, -0.05) is 48.5 Å². The van der Waals surface area contributed by atoms with Crippen LogP contribution >= 0.6 is 0 Å². The van der Waals surface area contributed by atoms with Gasteiger partial charge in [0.1, 0.15) is 23.4 Å². The van der Waals surface area contributed by atoms with Crippen LogP contribution in [0.25, 0.3) is 0 Å². The maximum atomic E-state index is 14.2. The SMILES string of the molecule is COc1ccc(NC(=O)C(c2ccc(OC)c(OC)c2)N(Cc2ccc(F)cc2)C(=O)Cc2ccccc2)c(OC)c1. The number of nitrogens with zero attached hydrogens (tertiary/aromatic N) is 1. The van der Waals surface area contributed by atoms with E-state index in [9.17, 15) is 14.0 Å². The Hall–Kier alpha value is -5.05. The second-order valence-corrected chi connectivity index (χ2v) is 9.38. The number of carbonyl (C=O) groups excluding carboxylic acids is 2. The summed E-state index contributed by atoms with van der Waals surface area (Å²) in [5.74, 6) is 0.606. The van der Waals surface area contributed by atoms with E-state index in [0.717, 1.165) is 5.56 Å². The molecule has 1 N–H and O–H groups in total. The predicted octanol–water partition coefficient (Wildman–Crippen LogP) is 5.81. The van der Waals surface area contributed by atoms with Gasteiger partial charge in [0.2, 0.25) is 5.91 Å². The van der Waals surface area contributed by atoms with Crippen LogP contribution in [0.1, 0.15) is 22.7 Å². The highest BCUT2D eigenvalue weighted by atomic mass is 19.1. The van der Waals surface area contributed by atoms with Gasteiger partial charge < -0.3 is 29.2 Å². The third-order valence-electron chi connectivity index (χ3n) is 6.73. The molecule has 2 amide bonds. The molecule has 4 aromatic carbocycles. The van der Waals surface area contributed by atoms with E-state index in [1.165, 1.54) is 45.5 Å². The van der Waals surface area contributed by atoms with Gasteiger partial charge in [0, 0.05) is 12.6 Å². The molecular weight excluding hydrogens is 539 g/mol. The number of halogens is 1. The molecule has 0 aromatic heterocycles. The van der Waals surface area contributed by atoms with Crippen LogP contribution in [0.4, 0.5) is 10.1 Å². The van der Waals surface area contributed by atoms with Gasteiger partial charge in [0.25, 0.3) is 5.91 Å². The fourth-order valence-corrected chi connectivity index (χ4v) is 4.58. The Balaban J connectivity index is 1.82. The normalized spacial score (nSPS) is 11.3. The van der Waals surface area contributed by atoms with Crippen molar-refractivity contribution in [3.8, 4) is 23.0 Å². The van der Waals surface area contributed by atoms with Gasteiger partial charge in [0.15, 0.2) is 11.5 Å². The van der Waals surface area contributed by atoms with Crippen LogP contribution in [0.5, 0.6) is 23.0 Å². The first-order valence-electron chi connectivity index (χ1n) is 13.2. The first-order valence-corrected chi connectivity index (χ1v) is 13.2. The molecule has 1 atom stereocenters. The number of anilines is 1. The third-order valence-corrected chi connectivity index (χ3v) is 6.73. The molecule has 8 nitrogen and oxygen atoms in total. The Morgan fingerprint density at radius 1 is 0.738 bits per heavy atom. The number of hydrogen-bond acceptors (Lipinski definition) is 6. The van der Waals surface area contributed by atoms with Crippen molar-refractivity contribution < 1.29 is 32.9 Å². The van der Waals surface area contributed by atoms with Crippen molar-refractivity contribution in [2.45, 2.75) is 19.0 Å². The molecule has 0 aliphatic rings. The van der Waals surface area contributed by atoms with Crippen LogP contribution in [-0.4, -0.2) is 45.2 Å². The number of ether oxygens (including phenoxy) is 4. The van der Waals surface area contributed by atoms with Crippen molar-refractivity contribution >= 4 is 17.5 Å². The van der Waals surface area contributed by atoms with Crippen molar-refractivity contribution in [1.82, 2.24) is 4.90 Å². The molecule has 0 heterocycles. The Morgan fingerprint density at radius 2 is 1.43 bits per heavy atom. The first-order chi connectivity index (χ1) is 20.4. The molecule has 0 saturated carbocycles. The van der Waals surface area contributed by atoms with E-state index in [4.69, 9.17) is 18.9 Å². The first kappa shape index (κ1) is 29.9. The molecule has 9 heteroatoms. The summed E-state index contributed by atoms with van der Waals surface area (Å²) in [5, 5.41) is 2.93. The fraction of sp³-hybridized carbons (Fsp3) is 0.212. The zero-order valence-corrected chi connectivity index (χ0v) is 23.9. The number of carbonyl (C=O) groups is 2. The highest BCUT2D eigenvalue weighted by Crippen LogP contribution is 2.35.